The highest BCUT2D eigenvalue weighted by atomic mass is 16.5. The van der Waals surface area contributed by atoms with Crippen LogP contribution in [0.3, 0.4) is 0 Å². The molecular weight excluding hydrogens is 334 g/mol. The summed E-state index contributed by atoms with van der Waals surface area (Å²) in [6.07, 6.45) is 10.5. The Kier molecular flexibility index (Phi) is 7.67. The molecule has 0 N–H and O–H groups in total. The molecule has 2 heterocycles. The van der Waals surface area contributed by atoms with Crippen molar-refractivity contribution in [3.63, 3.8) is 0 Å². The van der Waals surface area contributed by atoms with Crippen molar-refractivity contribution in [2.45, 2.75) is 45.2 Å². The van der Waals surface area contributed by atoms with Gasteiger partial charge in [-0.25, -0.2) is 14.6 Å². The van der Waals surface area contributed by atoms with E-state index in [1.54, 1.807) is 24.4 Å². The molecule has 0 aliphatic heterocycles. The summed E-state index contributed by atoms with van der Waals surface area (Å²) in [5.41, 5.74) is 0. The lowest BCUT2D eigenvalue weighted by atomic mass is 10.1. The van der Waals surface area contributed by atoms with Gasteiger partial charge >= 0.3 is 12.0 Å². The van der Waals surface area contributed by atoms with Crippen LogP contribution in [0, 0.1) is 0 Å². The molecule has 2 rings (SSSR count). The minimum absolute atomic E-state index is 0.177. The highest BCUT2D eigenvalue weighted by Gasteiger charge is 2.32. The third-order valence-corrected chi connectivity index (χ3v) is 3.88. The number of hydrogen-bond acceptors (Lipinski definition) is 5. The van der Waals surface area contributed by atoms with Gasteiger partial charge in [0.1, 0.15) is 18.1 Å². The van der Waals surface area contributed by atoms with Gasteiger partial charge in [-0.05, 0) is 31.4 Å². The van der Waals surface area contributed by atoms with Crippen LogP contribution in [0.25, 0.3) is 0 Å². The maximum absolute atomic E-state index is 12.9. The molecule has 0 aliphatic rings. The topological polar surface area (TPSA) is 77.6 Å². The van der Waals surface area contributed by atoms with E-state index in [9.17, 15) is 9.59 Å². The monoisotopic (exact) mass is 359 g/mol. The maximum Gasteiger partial charge on any atom is 0.330 e. The fraction of sp³-hybridized carbons (Fsp3) is 0.421. The molecular formula is C19H25N3O4. The minimum Gasteiger partial charge on any atom is -0.467 e. The van der Waals surface area contributed by atoms with Crippen LogP contribution in [0.5, 0.6) is 0 Å². The highest BCUT2D eigenvalue weighted by Crippen LogP contribution is 2.17. The Morgan fingerprint density at radius 2 is 2.35 bits per heavy atom. The largest absolute Gasteiger partial charge is 0.467 e. The Hall–Kier alpha value is -2.83. The van der Waals surface area contributed by atoms with Crippen molar-refractivity contribution >= 4 is 12.0 Å². The van der Waals surface area contributed by atoms with Gasteiger partial charge in [-0.15, -0.1) is 6.58 Å². The van der Waals surface area contributed by atoms with Gasteiger partial charge in [0.05, 0.1) is 19.4 Å². The third kappa shape index (κ3) is 5.34. The number of furan rings is 1. The Morgan fingerprint density at radius 1 is 1.50 bits per heavy atom. The molecule has 0 saturated heterocycles. The molecule has 140 valence electrons. The van der Waals surface area contributed by atoms with Crippen LogP contribution in [0.4, 0.5) is 4.79 Å². The van der Waals surface area contributed by atoms with E-state index in [1.807, 2.05) is 6.92 Å². The van der Waals surface area contributed by atoms with Crippen molar-refractivity contribution in [1.29, 1.82) is 0 Å². The average Bonchev–Trinajstić information content (AvgIpc) is 3.34. The first-order chi connectivity index (χ1) is 12.7. The number of imidazole rings is 1. The number of carbonyl (C=O) groups excluding carboxylic acids is 2. The number of esters is 1. The lowest BCUT2D eigenvalue weighted by Crippen LogP contribution is -2.47. The molecule has 7 heteroatoms. The van der Waals surface area contributed by atoms with E-state index in [2.05, 4.69) is 11.6 Å². The summed E-state index contributed by atoms with van der Waals surface area (Å²) >= 11 is 0. The lowest BCUT2D eigenvalue weighted by Gasteiger charge is -2.29. The Labute approximate surface area is 153 Å². The molecule has 1 atom stereocenters. The van der Waals surface area contributed by atoms with E-state index in [-0.39, 0.29) is 12.6 Å². The highest BCUT2D eigenvalue weighted by molar-refractivity contribution is 5.84. The second-order valence-corrected chi connectivity index (χ2v) is 5.86. The van der Waals surface area contributed by atoms with Crippen molar-refractivity contribution < 1.29 is 18.7 Å². The quantitative estimate of drug-likeness (QED) is 0.368. The summed E-state index contributed by atoms with van der Waals surface area (Å²) in [4.78, 5) is 30.9. The molecule has 0 unspecified atom stereocenters. The average molecular weight is 359 g/mol. The van der Waals surface area contributed by atoms with E-state index in [1.165, 1.54) is 28.3 Å². The second kappa shape index (κ2) is 10.2. The maximum atomic E-state index is 12.9. The number of carbonyl (C=O) groups is 2. The van der Waals surface area contributed by atoms with Crippen LogP contribution in [-0.4, -0.2) is 39.1 Å². The number of unbranched alkanes of at least 4 members (excludes halogenated alkanes) is 1. The zero-order valence-electron chi connectivity index (χ0n) is 15.0. The molecule has 26 heavy (non-hydrogen) atoms. The van der Waals surface area contributed by atoms with E-state index >= 15 is 0 Å². The van der Waals surface area contributed by atoms with Gasteiger partial charge in [0, 0.05) is 12.4 Å². The van der Waals surface area contributed by atoms with Gasteiger partial charge in [-0.3, -0.25) is 4.57 Å². The molecule has 1 amide bonds. The van der Waals surface area contributed by atoms with Crippen molar-refractivity contribution in [1.82, 2.24) is 14.5 Å². The summed E-state index contributed by atoms with van der Waals surface area (Å²) < 4.78 is 12.1. The van der Waals surface area contributed by atoms with Crippen LogP contribution < -0.4 is 0 Å². The van der Waals surface area contributed by atoms with Crippen LogP contribution in [0.1, 0.15) is 38.4 Å². The normalized spacial score (nSPS) is 11.7. The van der Waals surface area contributed by atoms with E-state index in [0.29, 0.717) is 25.2 Å². The summed E-state index contributed by atoms with van der Waals surface area (Å²) in [6, 6.07) is 2.48. The fourth-order valence-corrected chi connectivity index (χ4v) is 2.57. The second-order valence-electron chi connectivity index (χ2n) is 5.86. The summed E-state index contributed by atoms with van der Waals surface area (Å²) in [5.74, 6) is 0.190. The van der Waals surface area contributed by atoms with Crippen molar-refractivity contribution in [3.8, 4) is 0 Å². The zero-order chi connectivity index (χ0) is 18.8. The first-order valence-corrected chi connectivity index (χ1v) is 8.76. The molecule has 0 saturated carbocycles. The first kappa shape index (κ1) is 19.5. The molecule has 0 radical (unpaired) electrons. The third-order valence-electron chi connectivity index (χ3n) is 3.88. The first-order valence-electron chi connectivity index (χ1n) is 8.76. The van der Waals surface area contributed by atoms with Gasteiger partial charge in [-0.2, -0.15) is 0 Å². The molecule has 0 aromatic carbocycles. The summed E-state index contributed by atoms with van der Waals surface area (Å²) in [5, 5.41) is 0. The summed E-state index contributed by atoms with van der Waals surface area (Å²) in [7, 11) is 0. The number of nitrogens with zero attached hydrogens (tertiary/aromatic N) is 3. The number of amides is 1. The zero-order valence-corrected chi connectivity index (χ0v) is 15.0. The molecule has 2 aromatic rings. The molecule has 0 aliphatic carbocycles. The van der Waals surface area contributed by atoms with Crippen molar-refractivity contribution in [2.24, 2.45) is 0 Å². The molecule has 0 spiro atoms. The fourth-order valence-electron chi connectivity index (χ4n) is 2.57. The van der Waals surface area contributed by atoms with Crippen molar-refractivity contribution in [3.05, 3.63) is 55.5 Å². The number of rotatable bonds is 10. The predicted octanol–water partition coefficient (Wildman–Crippen LogP) is 3.62. The molecule has 2 aromatic heterocycles. The standard InChI is InChI=1S/C19H25N3O4/c1-3-5-6-12-26-18(23)17(8-4-2)22(14-16-9-7-13-25-16)19(24)21-11-10-20-15-21/h3,7,9-11,13,15,17H,1,4-6,8,12,14H2,2H3/t17-/m1/s1. The Morgan fingerprint density at radius 3 is 2.96 bits per heavy atom. The Bertz CT molecular complexity index is 680. The lowest BCUT2D eigenvalue weighted by molar-refractivity contribution is -0.149. The van der Waals surface area contributed by atoms with Gasteiger partial charge in [-0.1, -0.05) is 19.4 Å². The van der Waals surface area contributed by atoms with Gasteiger partial charge < -0.3 is 14.1 Å². The molecule has 7 nitrogen and oxygen atoms in total. The van der Waals surface area contributed by atoms with Crippen LogP contribution in [0.2, 0.25) is 0 Å². The van der Waals surface area contributed by atoms with Gasteiger partial charge in [0.2, 0.25) is 0 Å². The van der Waals surface area contributed by atoms with E-state index in [4.69, 9.17) is 9.15 Å². The van der Waals surface area contributed by atoms with Gasteiger partial charge in [0.25, 0.3) is 0 Å². The van der Waals surface area contributed by atoms with E-state index < -0.39 is 12.0 Å². The molecule has 0 fully saturated rings. The predicted molar refractivity (Wildman–Crippen MR) is 96.4 cm³/mol. The van der Waals surface area contributed by atoms with Crippen LogP contribution in [0.15, 0.2) is 54.2 Å². The van der Waals surface area contributed by atoms with E-state index in [0.717, 1.165) is 12.8 Å². The number of ether oxygens (including phenoxy) is 1. The summed E-state index contributed by atoms with van der Waals surface area (Å²) in [6.45, 7) is 6.10. The minimum atomic E-state index is -0.691. The van der Waals surface area contributed by atoms with Gasteiger partial charge in [0.15, 0.2) is 0 Å². The number of allylic oxidation sites excluding steroid dienone is 1. The van der Waals surface area contributed by atoms with Crippen LogP contribution in [-0.2, 0) is 16.1 Å². The van der Waals surface area contributed by atoms with Crippen molar-refractivity contribution in [2.75, 3.05) is 6.61 Å². The SMILES string of the molecule is C=CCCCOC(=O)[C@@H](CCC)N(Cc1ccco1)C(=O)n1ccnc1. The Balaban J connectivity index is 2.18. The van der Waals surface area contributed by atoms with Crippen LogP contribution >= 0.6 is 0 Å². The smallest absolute Gasteiger partial charge is 0.330 e. The number of aromatic nitrogens is 2. The molecule has 0 bridgehead atoms. The number of hydrogen-bond donors (Lipinski definition) is 0.